The highest BCUT2D eigenvalue weighted by molar-refractivity contribution is 7.14. The van der Waals surface area contributed by atoms with Gasteiger partial charge in [-0.15, -0.1) is 11.3 Å². The Balaban J connectivity index is 1.52. The maximum absolute atomic E-state index is 12.1. The number of thiophene rings is 1. The molecule has 0 saturated carbocycles. The summed E-state index contributed by atoms with van der Waals surface area (Å²) < 4.78 is 10.4. The lowest BCUT2D eigenvalue weighted by molar-refractivity contribution is -0.129. The lowest BCUT2D eigenvalue weighted by Gasteiger charge is -2.12. The number of amides is 1. The molecule has 22 heavy (non-hydrogen) atoms. The summed E-state index contributed by atoms with van der Waals surface area (Å²) in [6.07, 6.45) is 3.92. The molecule has 0 aliphatic heterocycles. The molecular weight excluding hydrogens is 302 g/mol. The van der Waals surface area contributed by atoms with Crippen LogP contribution in [0.1, 0.15) is 39.2 Å². The van der Waals surface area contributed by atoms with Gasteiger partial charge in [-0.05, 0) is 49.9 Å². The van der Waals surface area contributed by atoms with E-state index >= 15 is 0 Å². The van der Waals surface area contributed by atoms with Crippen molar-refractivity contribution in [3.63, 3.8) is 0 Å². The van der Waals surface area contributed by atoms with Crippen molar-refractivity contribution in [2.75, 3.05) is 0 Å². The van der Waals surface area contributed by atoms with Crippen molar-refractivity contribution in [1.82, 2.24) is 5.32 Å². The Morgan fingerprint density at radius 3 is 3.05 bits per heavy atom. The topological polar surface area (TPSA) is 68.5 Å². The number of hydrogen-bond acceptors (Lipinski definition) is 5. The Kier molecular flexibility index (Phi) is 4.29. The molecule has 6 heteroatoms. The molecule has 1 aliphatic carbocycles. The molecule has 0 unspecified atom stereocenters. The van der Waals surface area contributed by atoms with Crippen molar-refractivity contribution >= 4 is 23.2 Å². The molecule has 0 radical (unpaired) electrons. The van der Waals surface area contributed by atoms with Gasteiger partial charge in [0.15, 0.2) is 6.10 Å². The highest BCUT2D eigenvalue weighted by atomic mass is 32.1. The summed E-state index contributed by atoms with van der Waals surface area (Å²) in [6, 6.07) is 5.41. The second kappa shape index (κ2) is 6.36. The SMILES string of the molecule is C[C@H](OC(=O)c1cc2c(s1)CCC2)C(=O)NCc1ccco1. The van der Waals surface area contributed by atoms with Crippen LogP contribution < -0.4 is 5.32 Å². The highest BCUT2D eigenvalue weighted by Gasteiger charge is 2.23. The van der Waals surface area contributed by atoms with Gasteiger partial charge in [0.1, 0.15) is 10.6 Å². The highest BCUT2D eigenvalue weighted by Crippen LogP contribution is 2.31. The summed E-state index contributed by atoms with van der Waals surface area (Å²) in [5, 5.41) is 2.67. The van der Waals surface area contributed by atoms with Crippen LogP contribution in [0.5, 0.6) is 0 Å². The Hall–Kier alpha value is -2.08. The molecule has 2 heterocycles. The minimum absolute atomic E-state index is 0.279. The predicted molar refractivity (Wildman–Crippen MR) is 81.8 cm³/mol. The van der Waals surface area contributed by atoms with E-state index in [-0.39, 0.29) is 12.5 Å². The Morgan fingerprint density at radius 2 is 2.32 bits per heavy atom. The van der Waals surface area contributed by atoms with Gasteiger partial charge >= 0.3 is 5.97 Å². The van der Waals surface area contributed by atoms with Crippen LogP contribution in [0, 0.1) is 0 Å². The Labute approximate surface area is 132 Å². The van der Waals surface area contributed by atoms with E-state index in [2.05, 4.69) is 5.32 Å². The number of aryl methyl sites for hydroxylation is 2. The summed E-state index contributed by atoms with van der Waals surface area (Å²) in [4.78, 5) is 25.9. The number of rotatable bonds is 5. The Morgan fingerprint density at radius 1 is 1.45 bits per heavy atom. The van der Waals surface area contributed by atoms with Crippen molar-refractivity contribution < 1.29 is 18.7 Å². The van der Waals surface area contributed by atoms with Crippen molar-refractivity contribution in [3.05, 3.63) is 45.5 Å². The first-order chi connectivity index (χ1) is 10.6. The third-order valence-electron chi connectivity index (χ3n) is 3.62. The van der Waals surface area contributed by atoms with Gasteiger partial charge in [-0.2, -0.15) is 0 Å². The fourth-order valence-corrected chi connectivity index (χ4v) is 3.57. The van der Waals surface area contributed by atoms with Crippen molar-refractivity contribution in [2.24, 2.45) is 0 Å². The Bertz CT molecular complexity index is 653. The molecule has 0 spiro atoms. The second-order valence-corrected chi connectivity index (χ2v) is 6.39. The number of nitrogens with one attached hydrogen (secondary N) is 1. The number of carbonyl (C=O) groups is 2. The van der Waals surface area contributed by atoms with Gasteiger partial charge in [0.25, 0.3) is 5.91 Å². The minimum Gasteiger partial charge on any atom is -0.467 e. The molecule has 1 amide bonds. The molecule has 1 atom stereocenters. The maximum Gasteiger partial charge on any atom is 0.349 e. The molecule has 1 N–H and O–H groups in total. The lowest BCUT2D eigenvalue weighted by Crippen LogP contribution is -2.35. The predicted octanol–water partition coefficient (Wildman–Crippen LogP) is 2.69. The maximum atomic E-state index is 12.1. The van der Waals surface area contributed by atoms with Crippen LogP contribution in [0.3, 0.4) is 0 Å². The first-order valence-electron chi connectivity index (χ1n) is 7.26. The number of furan rings is 1. The fraction of sp³-hybridized carbons (Fsp3) is 0.375. The van der Waals surface area contributed by atoms with Crippen molar-refractivity contribution in [2.45, 2.75) is 38.8 Å². The van der Waals surface area contributed by atoms with E-state index in [9.17, 15) is 9.59 Å². The molecule has 1 aliphatic rings. The van der Waals surface area contributed by atoms with E-state index in [0.29, 0.717) is 10.6 Å². The summed E-state index contributed by atoms with van der Waals surface area (Å²) in [5.74, 6) is -0.115. The van der Waals surface area contributed by atoms with Gasteiger partial charge < -0.3 is 14.5 Å². The van der Waals surface area contributed by atoms with E-state index < -0.39 is 12.1 Å². The quantitative estimate of drug-likeness (QED) is 0.860. The average Bonchev–Trinajstić information content (AvgIpc) is 3.20. The van der Waals surface area contributed by atoms with Crippen molar-refractivity contribution in [1.29, 1.82) is 0 Å². The molecular formula is C16H17NO4S. The van der Waals surface area contributed by atoms with Crippen LogP contribution in [0.4, 0.5) is 0 Å². The van der Waals surface area contributed by atoms with E-state index in [0.717, 1.165) is 19.3 Å². The molecule has 2 aromatic rings. The lowest BCUT2D eigenvalue weighted by atomic mass is 10.2. The van der Waals surface area contributed by atoms with Gasteiger partial charge in [-0.1, -0.05) is 0 Å². The smallest absolute Gasteiger partial charge is 0.349 e. The first kappa shape index (κ1) is 14.8. The van der Waals surface area contributed by atoms with Gasteiger partial charge in [-0.3, -0.25) is 4.79 Å². The molecule has 116 valence electrons. The van der Waals surface area contributed by atoms with Crippen LogP contribution in [0.25, 0.3) is 0 Å². The second-order valence-electron chi connectivity index (χ2n) is 5.26. The van der Waals surface area contributed by atoms with E-state index in [1.54, 1.807) is 25.3 Å². The summed E-state index contributed by atoms with van der Waals surface area (Å²) in [6.45, 7) is 1.84. The third-order valence-corrected chi connectivity index (χ3v) is 4.83. The van der Waals surface area contributed by atoms with Crippen LogP contribution in [0.2, 0.25) is 0 Å². The largest absolute Gasteiger partial charge is 0.467 e. The number of esters is 1. The zero-order valence-corrected chi connectivity index (χ0v) is 13.1. The van der Waals surface area contributed by atoms with E-state index in [1.807, 2.05) is 6.07 Å². The van der Waals surface area contributed by atoms with Gasteiger partial charge in [-0.25, -0.2) is 4.79 Å². The zero-order chi connectivity index (χ0) is 15.5. The average molecular weight is 319 g/mol. The normalized spacial score (nSPS) is 14.4. The monoisotopic (exact) mass is 319 g/mol. The summed E-state index contributed by atoms with van der Waals surface area (Å²) in [7, 11) is 0. The number of carbonyl (C=O) groups excluding carboxylic acids is 2. The summed E-state index contributed by atoms with van der Waals surface area (Å²) >= 11 is 1.47. The van der Waals surface area contributed by atoms with Crippen LogP contribution in [-0.4, -0.2) is 18.0 Å². The first-order valence-corrected chi connectivity index (χ1v) is 8.08. The molecule has 0 bridgehead atoms. The van der Waals surface area contributed by atoms with Crippen LogP contribution in [0.15, 0.2) is 28.9 Å². The van der Waals surface area contributed by atoms with Crippen LogP contribution >= 0.6 is 11.3 Å². The van der Waals surface area contributed by atoms with Crippen LogP contribution in [-0.2, 0) is 28.9 Å². The molecule has 3 rings (SSSR count). The van der Waals surface area contributed by atoms with Gasteiger partial charge in [0.2, 0.25) is 0 Å². The molecule has 0 saturated heterocycles. The van der Waals surface area contributed by atoms with Gasteiger partial charge in [0.05, 0.1) is 12.8 Å². The molecule has 2 aromatic heterocycles. The number of hydrogen-bond donors (Lipinski definition) is 1. The summed E-state index contributed by atoms with van der Waals surface area (Å²) in [5.41, 5.74) is 1.24. The molecule has 0 aromatic carbocycles. The van der Waals surface area contributed by atoms with Gasteiger partial charge in [0, 0.05) is 4.88 Å². The number of fused-ring (bicyclic) bond motifs is 1. The standard InChI is InChI=1S/C16H17NO4S/c1-10(15(18)17-9-12-5-3-7-20-12)21-16(19)14-8-11-4-2-6-13(11)22-14/h3,5,7-8,10H,2,4,6,9H2,1H3,(H,17,18)/t10-/m0/s1. The molecule has 0 fully saturated rings. The minimum atomic E-state index is -0.834. The third kappa shape index (κ3) is 3.22. The zero-order valence-electron chi connectivity index (χ0n) is 12.3. The number of ether oxygens (including phenoxy) is 1. The van der Waals surface area contributed by atoms with E-state index in [1.165, 1.54) is 21.8 Å². The molecule has 5 nitrogen and oxygen atoms in total. The van der Waals surface area contributed by atoms with E-state index in [4.69, 9.17) is 9.15 Å². The fourth-order valence-electron chi connectivity index (χ4n) is 2.43. The van der Waals surface area contributed by atoms with Crippen molar-refractivity contribution in [3.8, 4) is 0 Å².